The molecule has 1 amide bonds. The number of carbonyl (C=O) groups is 1. The predicted molar refractivity (Wildman–Crippen MR) is 74.0 cm³/mol. The van der Waals surface area contributed by atoms with Crippen LogP contribution in [-0.2, 0) is 11.3 Å². The number of carbonyl (C=O) groups excluding carboxylic acids is 1. The Bertz CT molecular complexity index is 611. The topological polar surface area (TPSA) is 42.3 Å². The molecule has 0 aliphatic rings. The van der Waals surface area contributed by atoms with Crippen molar-refractivity contribution in [2.75, 3.05) is 13.1 Å². The van der Waals surface area contributed by atoms with Crippen LogP contribution in [0, 0.1) is 0 Å². The number of hydrogen-bond donors (Lipinski definition) is 0. The number of hydrogen-bond acceptors (Lipinski definition) is 3. The van der Waals surface area contributed by atoms with Crippen molar-refractivity contribution in [2.24, 2.45) is 0 Å². The first-order valence-electron chi connectivity index (χ1n) is 6.01. The minimum absolute atomic E-state index is 0.0170. The van der Waals surface area contributed by atoms with E-state index >= 15 is 0 Å². The van der Waals surface area contributed by atoms with Gasteiger partial charge in [0.25, 0.3) is 5.56 Å². The third-order valence-electron chi connectivity index (χ3n) is 3.01. The zero-order valence-corrected chi connectivity index (χ0v) is 11.4. The molecule has 0 fully saturated rings. The number of nitrogens with zero attached hydrogens (tertiary/aromatic N) is 2. The van der Waals surface area contributed by atoms with Crippen molar-refractivity contribution in [1.29, 1.82) is 0 Å². The highest BCUT2D eigenvalue weighted by Crippen LogP contribution is 2.16. The van der Waals surface area contributed by atoms with Crippen molar-refractivity contribution >= 4 is 27.3 Å². The molecule has 0 spiro atoms. The molecule has 2 aromatic rings. The summed E-state index contributed by atoms with van der Waals surface area (Å²) in [6.45, 7) is 5.33. The Morgan fingerprint density at radius 3 is 2.72 bits per heavy atom. The lowest BCUT2D eigenvalue weighted by molar-refractivity contribution is -0.131. The molecule has 0 aliphatic carbocycles. The third kappa shape index (κ3) is 2.31. The van der Waals surface area contributed by atoms with E-state index in [9.17, 15) is 9.59 Å². The summed E-state index contributed by atoms with van der Waals surface area (Å²) in [7, 11) is 0. The number of likely N-dealkylation sites (N-methyl/N-ethyl adjacent to an activating group) is 1. The van der Waals surface area contributed by atoms with Crippen LogP contribution in [-0.4, -0.2) is 28.5 Å². The summed E-state index contributed by atoms with van der Waals surface area (Å²) in [5, 5.41) is 2.58. The zero-order valence-electron chi connectivity index (χ0n) is 10.5. The van der Waals surface area contributed by atoms with Crippen molar-refractivity contribution in [3.05, 3.63) is 34.1 Å². The van der Waals surface area contributed by atoms with Crippen molar-refractivity contribution < 1.29 is 4.79 Å². The third-order valence-corrected chi connectivity index (χ3v) is 3.90. The first-order chi connectivity index (χ1) is 8.67. The quantitative estimate of drug-likeness (QED) is 0.847. The largest absolute Gasteiger partial charge is 0.342 e. The van der Waals surface area contributed by atoms with Gasteiger partial charge >= 0.3 is 0 Å². The van der Waals surface area contributed by atoms with Gasteiger partial charge in [0, 0.05) is 24.0 Å². The number of thiophene rings is 1. The molecule has 5 heteroatoms. The molecule has 96 valence electrons. The number of pyridine rings is 1. The van der Waals surface area contributed by atoms with E-state index < -0.39 is 0 Å². The van der Waals surface area contributed by atoms with E-state index in [0.29, 0.717) is 18.5 Å². The Hall–Kier alpha value is -1.62. The molecule has 0 radical (unpaired) electrons. The summed E-state index contributed by atoms with van der Waals surface area (Å²) in [4.78, 5) is 25.8. The average Bonchev–Trinajstić information content (AvgIpc) is 2.83. The molecule has 0 atom stereocenters. The highest BCUT2D eigenvalue weighted by atomic mass is 32.1. The Labute approximate surface area is 109 Å². The summed E-state index contributed by atoms with van der Waals surface area (Å²) >= 11 is 1.54. The summed E-state index contributed by atoms with van der Waals surface area (Å²) in [5.41, 5.74) is -0.0887. The standard InChI is InChI=1S/C13H16N2O2S/c1-3-14(4-2)12(16)9-15-7-5-11-10(13(15)17)6-8-18-11/h5-8H,3-4,9H2,1-2H3. The molecule has 0 aliphatic heterocycles. The maximum absolute atomic E-state index is 12.1. The van der Waals surface area contributed by atoms with Crippen LogP contribution in [0.15, 0.2) is 28.5 Å². The van der Waals surface area contributed by atoms with Crippen LogP contribution in [0.5, 0.6) is 0 Å². The first-order valence-corrected chi connectivity index (χ1v) is 6.89. The number of rotatable bonds is 4. The predicted octanol–water partition coefficient (Wildman–Crippen LogP) is 1.93. The molecule has 0 N–H and O–H groups in total. The maximum Gasteiger partial charge on any atom is 0.259 e. The van der Waals surface area contributed by atoms with Gasteiger partial charge in [0.05, 0.1) is 5.39 Å². The molecule has 2 heterocycles. The monoisotopic (exact) mass is 264 g/mol. The lowest BCUT2D eigenvalue weighted by Crippen LogP contribution is -2.36. The fourth-order valence-corrected chi connectivity index (χ4v) is 2.73. The second-order valence-corrected chi connectivity index (χ2v) is 4.96. The Kier molecular flexibility index (Phi) is 3.81. The van der Waals surface area contributed by atoms with Crippen molar-refractivity contribution in [3.63, 3.8) is 0 Å². The minimum atomic E-state index is -0.0887. The normalized spacial score (nSPS) is 10.8. The molecule has 0 unspecified atom stereocenters. The highest BCUT2D eigenvalue weighted by molar-refractivity contribution is 7.17. The van der Waals surface area contributed by atoms with Crippen molar-refractivity contribution in [3.8, 4) is 0 Å². The first kappa shape index (κ1) is 12.8. The molecule has 0 saturated heterocycles. The lowest BCUT2D eigenvalue weighted by atomic mass is 10.3. The Balaban J connectivity index is 2.29. The van der Waals surface area contributed by atoms with Crippen LogP contribution in [0.3, 0.4) is 0 Å². The van der Waals surface area contributed by atoms with E-state index in [1.54, 1.807) is 17.2 Å². The van der Waals surface area contributed by atoms with Gasteiger partial charge in [0.1, 0.15) is 6.54 Å². The van der Waals surface area contributed by atoms with E-state index in [1.807, 2.05) is 25.3 Å². The van der Waals surface area contributed by atoms with E-state index in [-0.39, 0.29) is 18.0 Å². The van der Waals surface area contributed by atoms with Gasteiger partial charge < -0.3 is 9.47 Å². The zero-order chi connectivity index (χ0) is 13.1. The molecule has 2 rings (SSSR count). The lowest BCUT2D eigenvalue weighted by Gasteiger charge is -2.19. The summed E-state index contributed by atoms with van der Waals surface area (Å²) in [6.07, 6.45) is 1.70. The fourth-order valence-electron chi connectivity index (χ4n) is 1.95. The molecule has 0 saturated carbocycles. The molecule has 0 aromatic carbocycles. The van der Waals surface area contributed by atoms with Gasteiger partial charge in [-0.15, -0.1) is 11.3 Å². The Morgan fingerprint density at radius 1 is 1.33 bits per heavy atom. The van der Waals surface area contributed by atoms with Gasteiger partial charge in [-0.25, -0.2) is 0 Å². The average molecular weight is 264 g/mol. The molecule has 2 aromatic heterocycles. The van der Waals surface area contributed by atoms with E-state index in [0.717, 1.165) is 4.70 Å². The van der Waals surface area contributed by atoms with E-state index in [2.05, 4.69) is 0 Å². The highest BCUT2D eigenvalue weighted by Gasteiger charge is 2.12. The van der Waals surface area contributed by atoms with Gasteiger partial charge in [-0.3, -0.25) is 9.59 Å². The van der Waals surface area contributed by atoms with Crippen LogP contribution in [0.2, 0.25) is 0 Å². The molecule has 4 nitrogen and oxygen atoms in total. The van der Waals surface area contributed by atoms with Gasteiger partial charge in [0.2, 0.25) is 5.91 Å². The van der Waals surface area contributed by atoms with Crippen LogP contribution in [0.1, 0.15) is 13.8 Å². The van der Waals surface area contributed by atoms with Crippen LogP contribution >= 0.6 is 11.3 Å². The summed E-state index contributed by atoms with van der Waals surface area (Å²) < 4.78 is 2.45. The minimum Gasteiger partial charge on any atom is -0.342 e. The SMILES string of the molecule is CCN(CC)C(=O)Cn1ccc2sccc2c1=O. The van der Waals surface area contributed by atoms with E-state index in [1.165, 1.54) is 15.9 Å². The summed E-state index contributed by atoms with van der Waals surface area (Å²) in [5.74, 6) is -0.0170. The van der Waals surface area contributed by atoms with Gasteiger partial charge in [0.15, 0.2) is 0 Å². The van der Waals surface area contributed by atoms with Crippen molar-refractivity contribution in [2.45, 2.75) is 20.4 Å². The number of amides is 1. The number of aromatic nitrogens is 1. The van der Waals surface area contributed by atoms with Gasteiger partial charge in [-0.05, 0) is 31.4 Å². The molecular weight excluding hydrogens is 248 g/mol. The van der Waals surface area contributed by atoms with Crippen LogP contribution in [0.4, 0.5) is 0 Å². The fraction of sp³-hybridized carbons (Fsp3) is 0.385. The van der Waals surface area contributed by atoms with Crippen LogP contribution < -0.4 is 5.56 Å². The molecular formula is C13H16N2O2S. The van der Waals surface area contributed by atoms with Crippen LogP contribution in [0.25, 0.3) is 10.1 Å². The van der Waals surface area contributed by atoms with E-state index in [4.69, 9.17) is 0 Å². The smallest absolute Gasteiger partial charge is 0.259 e. The Morgan fingerprint density at radius 2 is 2.06 bits per heavy atom. The van der Waals surface area contributed by atoms with Crippen molar-refractivity contribution in [1.82, 2.24) is 9.47 Å². The molecule has 18 heavy (non-hydrogen) atoms. The summed E-state index contributed by atoms with van der Waals surface area (Å²) in [6, 6.07) is 3.69. The number of fused-ring (bicyclic) bond motifs is 1. The second-order valence-electron chi connectivity index (χ2n) is 4.01. The second kappa shape index (κ2) is 5.35. The maximum atomic E-state index is 12.1. The van der Waals surface area contributed by atoms with Gasteiger partial charge in [-0.2, -0.15) is 0 Å². The molecule has 0 bridgehead atoms. The van der Waals surface area contributed by atoms with Gasteiger partial charge in [-0.1, -0.05) is 0 Å².